The minimum Gasteiger partial charge on any atom is -0.456 e. The number of hydrogen-bond donors (Lipinski definition) is 0. The molecule has 3 rings (SSSR count). The van der Waals surface area contributed by atoms with Crippen LogP contribution in [0.2, 0.25) is 5.02 Å². The zero-order chi connectivity index (χ0) is 14.8. The molecular weight excluding hydrogens is 288 g/mol. The van der Waals surface area contributed by atoms with E-state index in [9.17, 15) is 4.79 Å². The molecule has 0 N–H and O–H groups in total. The molecule has 0 fully saturated rings. The highest BCUT2D eigenvalue weighted by Gasteiger charge is 2.18. The van der Waals surface area contributed by atoms with Gasteiger partial charge in [-0.3, -0.25) is 4.40 Å². The highest BCUT2D eigenvalue weighted by Crippen LogP contribution is 2.17. The summed E-state index contributed by atoms with van der Waals surface area (Å²) in [6, 6.07) is 13.0. The van der Waals surface area contributed by atoms with E-state index in [1.54, 1.807) is 29.7 Å². The van der Waals surface area contributed by atoms with E-state index < -0.39 is 5.97 Å². The number of carbonyl (C=O) groups excluding carboxylic acids is 1. The second kappa shape index (κ2) is 5.58. The summed E-state index contributed by atoms with van der Waals surface area (Å²) in [4.78, 5) is 16.6. The smallest absolute Gasteiger partial charge is 0.357 e. The van der Waals surface area contributed by atoms with Crippen molar-refractivity contribution < 1.29 is 9.53 Å². The highest BCUT2D eigenvalue weighted by atomic mass is 35.5. The lowest BCUT2D eigenvalue weighted by molar-refractivity contribution is 0.0463. The summed E-state index contributed by atoms with van der Waals surface area (Å²) in [6.07, 6.45) is 1.72. The molecule has 0 saturated carbocycles. The van der Waals surface area contributed by atoms with Gasteiger partial charge in [0.05, 0.1) is 5.69 Å². The quantitative estimate of drug-likeness (QED) is 0.693. The van der Waals surface area contributed by atoms with Gasteiger partial charge < -0.3 is 4.74 Å². The first-order valence-corrected chi connectivity index (χ1v) is 6.88. The Labute approximate surface area is 126 Å². The fraction of sp³-hybridized carbons (Fsp3) is 0.125. The summed E-state index contributed by atoms with van der Waals surface area (Å²) >= 11 is 5.93. The molecule has 0 saturated heterocycles. The summed E-state index contributed by atoms with van der Waals surface area (Å²) in [7, 11) is 0. The zero-order valence-corrected chi connectivity index (χ0v) is 12.2. The Morgan fingerprint density at radius 3 is 2.81 bits per heavy atom. The second-order valence-electron chi connectivity index (χ2n) is 4.68. The predicted octanol–water partition coefficient (Wildman–Crippen LogP) is 3.65. The minimum absolute atomic E-state index is 0.236. The van der Waals surface area contributed by atoms with E-state index in [0.29, 0.717) is 22.1 Å². The summed E-state index contributed by atoms with van der Waals surface area (Å²) in [5.41, 5.74) is 2.62. The van der Waals surface area contributed by atoms with Gasteiger partial charge in [0, 0.05) is 17.3 Å². The van der Waals surface area contributed by atoms with Gasteiger partial charge >= 0.3 is 5.97 Å². The Kier molecular flexibility index (Phi) is 3.62. The van der Waals surface area contributed by atoms with Gasteiger partial charge in [-0.1, -0.05) is 41.9 Å². The first kappa shape index (κ1) is 13.6. The van der Waals surface area contributed by atoms with E-state index in [1.807, 2.05) is 30.3 Å². The van der Waals surface area contributed by atoms with Crippen LogP contribution in [0.5, 0.6) is 0 Å². The van der Waals surface area contributed by atoms with Crippen molar-refractivity contribution in [2.24, 2.45) is 0 Å². The number of ether oxygens (including phenoxy) is 1. The molecule has 0 spiro atoms. The SMILES string of the molecule is Cc1nc2cc(Cl)ccn2c1C(=O)OCc1ccccc1. The lowest BCUT2D eigenvalue weighted by atomic mass is 10.2. The fourth-order valence-electron chi connectivity index (χ4n) is 2.17. The monoisotopic (exact) mass is 300 g/mol. The lowest BCUT2D eigenvalue weighted by Crippen LogP contribution is -2.09. The Balaban J connectivity index is 1.86. The highest BCUT2D eigenvalue weighted by molar-refractivity contribution is 6.30. The first-order valence-electron chi connectivity index (χ1n) is 6.50. The van der Waals surface area contributed by atoms with Crippen LogP contribution >= 0.6 is 11.6 Å². The van der Waals surface area contributed by atoms with Crippen LogP contribution in [0.1, 0.15) is 21.7 Å². The van der Waals surface area contributed by atoms with Crippen LogP contribution in [-0.4, -0.2) is 15.4 Å². The molecule has 0 aliphatic heterocycles. The van der Waals surface area contributed by atoms with Crippen molar-refractivity contribution in [2.45, 2.75) is 13.5 Å². The van der Waals surface area contributed by atoms with Crippen molar-refractivity contribution in [1.82, 2.24) is 9.38 Å². The molecule has 0 radical (unpaired) electrons. The molecule has 0 atom stereocenters. The molecule has 2 heterocycles. The van der Waals surface area contributed by atoms with Crippen LogP contribution < -0.4 is 0 Å². The molecule has 0 aliphatic rings. The van der Waals surface area contributed by atoms with E-state index in [4.69, 9.17) is 16.3 Å². The number of hydrogen-bond acceptors (Lipinski definition) is 3. The van der Waals surface area contributed by atoms with E-state index in [1.165, 1.54) is 0 Å². The lowest BCUT2D eigenvalue weighted by Gasteiger charge is -2.05. The maximum atomic E-state index is 12.3. The van der Waals surface area contributed by atoms with Crippen molar-refractivity contribution in [1.29, 1.82) is 0 Å². The average molecular weight is 301 g/mol. The number of fused-ring (bicyclic) bond motifs is 1. The Morgan fingerprint density at radius 1 is 1.29 bits per heavy atom. The molecule has 4 nitrogen and oxygen atoms in total. The fourth-order valence-corrected chi connectivity index (χ4v) is 2.33. The number of imidazole rings is 1. The van der Waals surface area contributed by atoms with E-state index >= 15 is 0 Å². The summed E-state index contributed by atoms with van der Waals surface area (Å²) in [6.45, 7) is 2.01. The number of halogens is 1. The number of aromatic nitrogens is 2. The van der Waals surface area contributed by atoms with E-state index in [0.717, 1.165) is 5.56 Å². The molecule has 21 heavy (non-hydrogen) atoms. The predicted molar refractivity (Wildman–Crippen MR) is 80.5 cm³/mol. The maximum Gasteiger partial charge on any atom is 0.357 e. The maximum absolute atomic E-state index is 12.3. The third-order valence-corrected chi connectivity index (χ3v) is 3.40. The number of nitrogens with zero attached hydrogens (tertiary/aromatic N) is 2. The third-order valence-electron chi connectivity index (χ3n) is 3.17. The Bertz CT molecular complexity index is 797. The largest absolute Gasteiger partial charge is 0.456 e. The van der Waals surface area contributed by atoms with Gasteiger partial charge in [-0.15, -0.1) is 0 Å². The average Bonchev–Trinajstić information content (AvgIpc) is 2.81. The summed E-state index contributed by atoms with van der Waals surface area (Å²) in [5, 5.41) is 0.580. The minimum atomic E-state index is -0.397. The normalized spacial score (nSPS) is 10.8. The molecule has 2 aromatic heterocycles. The molecule has 3 aromatic rings. The summed E-state index contributed by atoms with van der Waals surface area (Å²) < 4.78 is 7.05. The van der Waals surface area contributed by atoms with Gasteiger partial charge in [0.1, 0.15) is 12.3 Å². The summed E-state index contributed by atoms with van der Waals surface area (Å²) in [5.74, 6) is -0.397. The molecule has 1 aromatic carbocycles. The number of benzene rings is 1. The van der Waals surface area contributed by atoms with Crippen LogP contribution in [0.15, 0.2) is 48.7 Å². The topological polar surface area (TPSA) is 43.6 Å². The van der Waals surface area contributed by atoms with Crippen LogP contribution in [-0.2, 0) is 11.3 Å². The van der Waals surface area contributed by atoms with Crippen LogP contribution in [0.3, 0.4) is 0 Å². The number of carbonyl (C=O) groups is 1. The van der Waals surface area contributed by atoms with Crippen LogP contribution in [0.4, 0.5) is 0 Å². The molecule has 106 valence electrons. The number of aryl methyl sites for hydroxylation is 1. The second-order valence-corrected chi connectivity index (χ2v) is 5.12. The first-order chi connectivity index (χ1) is 10.1. The van der Waals surface area contributed by atoms with Crippen LogP contribution in [0, 0.1) is 6.92 Å². The van der Waals surface area contributed by atoms with Crippen molar-refractivity contribution in [3.05, 3.63) is 70.6 Å². The molecule has 0 aliphatic carbocycles. The standard InChI is InChI=1S/C16H13ClN2O2/c1-11-15(19-8-7-13(17)9-14(19)18-11)16(20)21-10-12-5-3-2-4-6-12/h2-9H,10H2,1H3. The van der Waals surface area contributed by atoms with Crippen molar-refractivity contribution >= 4 is 23.2 Å². The number of pyridine rings is 1. The van der Waals surface area contributed by atoms with Gasteiger partial charge in [-0.2, -0.15) is 0 Å². The number of rotatable bonds is 3. The van der Waals surface area contributed by atoms with Gasteiger partial charge in [0.25, 0.3) is 0 Å². The van der Waals surface area contributed by atoms with Gasteiger partial charge in [0.15, 0.2) is 5.69 Å². The zero-order valence-electron chi connectivity index (χ0n) is 11.4. The van der Waals surface area contributed by atoms with E-state index in [-0.39, 0.29) is 6.61 Å². The Hall–Kier alpha value is -2.33. The van der Waals surface area contributed by atoms with E-state index in [2.05, 4.69) is 4.98 Å². The molecular formula is C16H13ClN2O2. The van der Waals surface area contributed by atoms with Crippen LogP contribution in [0.25, 0.3) is 5.65 Å². The van der Waals surface area contributed by atoms with Gasteiger partial charge in [-0.05, 0) is 18.6 Å². The van der Waals surface area contributed by atoms with Crippen molar-refractivity contribution in [3.63, 3.8) is 0 Å². The Morgan fingerprint density at radius 2 is 2.05 bits per heavy atom. The van der Waals surface area contributed by atoms with Gasteiger partial charge in [-0.25, -0.2) is 9.78 Å². The molecule has 0 unspecified atom stereocenters. The molecule has 0 amide bonds. The van der Waals surface area contributed by atoms with Gasteiger partial charge in [0.2, 0.25) is 0 Å². The van der Waals surface area contributed by atoms with Crippen molar-refractivity contribution in [3.8, 4) is 0 Å². The number of esters is 1. The third kappa shape index (κ3) is 2.76. The molecule has 5 heteroatoms. The van der Waals surface area contributed by atoms with Crippen molar-refractivity contribution in [2.75, 3.05) is 0 Å². The molecule has 0 bridgehead atoms.